The van der Waals surface area contributed by atoms with Crippen molar-refractivity contribution in [2.45, 2.75) is 28.8 Å². The van der Waals surface area contributed by atoms with E-state index in [0.717, 1.165) is 37.6 Å². The maximum absolute atomic E-state index is 6.33. The van der Waals surface area contributed by atoms with Gasteiger partial charge in [0.15, 0.2) is 0 Å². The molecule has 0 spiro atoms. The van der Waals surface area contributed by atoms with Gasteiger partial charge in [0.2, 0.25) is 0 Å². The molecule has 2 atom stereocenters. The maximum atomic E-state index is 6.33. The highest BCUT2D eigenvalue weighted by molar-refractivity contribution is 8.07. The van der Waals surface area contributed by atoms with E-state index < -0.39 is 5.41 Å². The van der Waals surface area contributed by atoms with E-state index >= 15 is 0 Å². The van der Waals surface area contributed by atoms with Crippen molar-refractivity contribution in [2.75, 3.05) is 24.7 Å². The Bertz CT molecular complexity index is 1490. The molecule has 0 radical (unpaired) electrons. The number of hydrogen-bond donors (Lipinski definition) is 0. The zero-order valence-electron chi connectivity index (χ0n) is 23.2. The van der Waals surface area contributed by atoms with Crippen LogP contribution in [-0.2, 0) is 18.3 Å². The van der Waals surface area contributed by atoms with Gasteiger partial charge in [-0.3, -0.25) is 0 Å². The van der Waals surface area contributed by atoms with Crippen LogP contribution in [0.2, 0.25) is 0 Å². The van der Waals surface area contributed by atoms with Gasteiger partial charge in [-0.25, -0.2) is 0 Å². The average molecular weight is 575 g/mol. The van der Waals surface area contributed by atoms with Crippen LogP contribution in [0.1, 0.15) is 33.4 Å². The van der Waals surface area contributed by atoms with E-state index in [1.54, 1.807) is 0 Å². The van der Waals surface area contributed by atoms with E-state index in [2.05, 4.69) is 98.1 Å². The summed E-state index contributed by atoms with van der Waals surface area (Å²) in [5.74, 6) is 4.31. The minimum Gasteiger partial charge on any atom is -0.492 e. The number of hydrogen-bond acceptors (Lipinski definition) is 4. The maximum Gasteiger partial charge on any atom is 0.122 e. The van der Waals surface area contributed by atoms with Gasteiger partial charge in [-0.1, -0.05) is 84.9 Å². The minimum atomic E-state index is -0.477. The lowest BCUT2D eigenvalue weighted by Gasteiger charge is -2.35. The molecule has 7 rings (SSSR count). The first-order valence-corrected chi connectivity index (χ1v) is 16.5. The molecule has 2 nitrogen and oxygen atoms in total. The fourth-order valence-electron chi connectivity index (χ4n) is 6.25. The molecule has 2 fully saturated rings. The molecule has 2 aliphatic heterocycles. The lowest BCUT2D eigenvalue weighted by atomic mass is 9.67. The zero-order chi connectivity index (χ0) is 27.8. The highest BCUT2D eigenvalue weighted by atomic mass is 32.2. The van der Waals surface area contributed by atoms with Crippen LogP contribution in [0, 0.1) is 0 Å². The fourth-order valence-corrected chi connectivity index (χ4v) is 7.05. The number of fused-ring (bicyclic) bond motifs is 3. The van der Waals surface area contributed by atoms with Gasteiger partial charge >= 0.3 is 0 Å². The second-order valence-corrected chi connectivity index (χ2v) is 13.7. The van der Waals surface area contributed by atoms with Gasteiger partial charge in [-0.05, 0) is 69.5 Å². The predicted octanol–water partition coefficient (Wildman–Crippen LogP) is 8.50. The van der Waals surface area contributed by atoms with Gasteiger partial charge in [-0.2, -0.15) is 23.5 Å². The second kappa shape index (κ2) is 11.2. The summed E-state index contributed by atoms with van der Waals surface area (Å²) < 4.78 is 12.7. The van der Waals surface area contributed by atoms with Gasteiger partial charge in [-0.15, -0.1) is 13.2 Å². The molecule has 0 aromatic heterocycles. The van der Waals surface area contributed by atoms with E-state index in [0.29, 0.717) is 10.5 Å². The summed E-state index contributed by atoms with van der Waals surface area (Å²) in [7, 11) is 0. The first-order chi connectivity index (χ1) is 20.2. The molecular weight excluding hydrogens is 541 g/mol. The summed E-state index contributed by atoms with van der Waals surface area (Å²) in [6, 6.07) is 31.4. The first-order valence-electron chi connectivity index (χ1n) is 14.4. The molecular formula is C37H34O2S2. The van der Waals surface area contributed by atoms with Crippen molar-refractivity contribution in [3.8, 4) is 22.6 Å². The first kappa shape index (κ1) is 26.6. The standard InChI is InChI=1S/C37H34O2S2/c1-3-9-25-19-27(15-17-35(25)38-21-29-23-40-29)37(33-13-7-5-11-31(33)32-12-6-8-14-34(32)37)28-16-18-36(26(20-28)10-4-2)39-22-30-24-41-30/h3-8,11-20,29-30H,1-2,9-10,21-24H2. The van der Waals surface area contributed by atoms with Crippen molar-refractivity contribution in [3.05, 3.63) is 144 Å². The zero-order valence-corrected chi connectivity index (χ0v) is 24.8. The van der Waals surface area contributed by atoms with Crippen molar-refractivity contribution >= 4 is 23.5 Å². The van der Waals surface area contributed by atoms with Crippen LogP contribution in [-0.4, -0.2) is 35.2 Å². The molecule has 1 aliphatic carbocycles. The third-order valence-electron chi connectivity index (χ3n) is 8.32. The number of allylic oxidation sites excluding steroid dienone is 2. The largest absolute Gasteiger partial charge is 0.492 e. The van der Waals surface area contributed by atoms with Crippen molar-refractivity contribution in [3.63, 3.8) is 0 Å². The molecule has 206 valence electrons. The van der Waals surface area contributed by atoms with Gasteiger partial charge in [0, 0.05) is 22.0 Å². The van der Waals surface area contributed by atoms with E-state index in [1.165, 1.54) is 56.0 Å². The van der Waals surface area contributed by atoms with E-state index in [4.69, 9.17) is 9.47 Å². The van der Waals surface area contributed by atoms with E-state index in [9.17, 15) is 0 Å². The SMILES string of the molecule is C=CCc1cc(C2(c3ccc(OCC4CS4)c(CC=C)c3)c3ccccc3-c3ccccc32)ccc1OCC1CS1. The smallest absolute Gasteiger partial charge is 0.122 e. The van der Waals surface area contributed by atoms with Crippen LogP contribution < -0.4 is 9.47 Å². The molecule has 4 aromatic rings. The van der Waals surface area contributed by atoms with Crippen molar-refractivity contribution in [1.82, 2.24) is 0 Å². The minimum absolute atomic E-state index is 0.477. The molecule has 2 saturated heterocycles. The Morgan fingerprint density at radius 3 is 1.51 bits per heavy atom. The summed E-state index contributed by atoms with van der Waals surface area (Å²) in [4.78, 5) is 0. The number of rotatable bonds is 12. The fraction of sp³-hybridized carbons (Fsp3) is 0.243. The lowest BCUT2D eigenvalue weighted by molar-refractivity contribution is 0.326. The van der Waals surface area contributed by atoms with Gasteiger partial charge < -0.3 is 9.47 Å². The van der Waals surface area contributed by atoms with Crippen molar-refractivity contribution in [2.24, 2.45) is 0 Å². The van der Waals surface area contributed by atoms with Crippen molar-refractivity contribution < 1.29 is 9.47 Å². The van der Waals surface area contributed by atoms with Crippen molar-refractivity contribution in [1.29, 1.82) is 0 Å². The van der Waals surface area contributed by atoms with Crippen LogP contribution >= 0.6 is 23.5 Å². The Morgan fingerprint density at radius 1 is 0.659 bits per heavy atom. The molecule has 2 heterocycles. The summed E-state index contributed by atoms with van der Waals surface area (Å²) in [6.45, 7) is 9.66. The van der Waals surface area contributed by atoms with Gasteiger partial charge in [0.25, 0.3) is 0 Å². The topological polar surface area (TPSA) is 18.5 Å². The molecule has 4 heteroatoms. The normalized spacial score (nSPS) is 19.1. The van der Waals surface area contributed by atoms with Crippen LogP contribution in [0.25, 0.3) is 11.1 Å². The highest BCUT2D eigenvalue weighted by Gasteiger charge is 2.46. The van der Waals surface area contributed by atoms with E-state index in [-0.39, 0.29) is 0 Å². The Morgan fingerprint density at radius 2 is 1.10 bits per heavy atom. The molecule has 0 N–H and O–H groups in total. The van der Waals surface area contributed by atoms with Crippen LogP contribution in [0.4, 0.5) is 0 Å². The van der Waals surface area contributed by atoms with Crippen LogP contribution in [0.15, 0.2) is 110 Å². The monoisotopic (exact) mass is 574 g/mol. The summed E-state index contributed by atoms with van der Waals surface area (Å²) in [6.07, 6.45) is 5.48. The molecule has 2 unspecified atom stereocenters. The molecule has 0 amide bonds. The van der Waals surface area contributed by atoms with Gasteiger partial charge in [0.05, 0.1) is 5.41 Å². The highest BCUT2D eigenvalue weighted by Crippen LogP contribution is 2.56. The Labute approximate surface area is 251 Å². The molecule has 0 bridgehead atoms. The Balaban J connectivity index is 1.44. The number of ether oxygens (including phenoxy) is 2. The quantitative estimate of drug-likeness (QED) is 0.110. The Kier molecular flexibility index (Phi) is 7.22. The summed E-state index contributed by atoms with van der Waals surface area (Å²) in [5, 5.41) is 1.24. The number of benzene rings is 4. The van der Waals surface area contributed by atoms with Gasteiger partial charge in [0.1, 0.15) is 24.7 Å². The molecule has 4 aromatic carbocycles. The predicted molar refractivity (Wildman–Crippen MR) is 175 cm³/mol. The van der Waals surface area contributed by atoms with Crippen LogP contribution in [0.3, 0.4) is 0 Å². The molecule has 3 aliphatic rings. The third-order valence-corrected chi connectivity index (χ3v) is 10.2. The van der Waals surface area contributed by atoms with Crippen LogP contribution in [0.5, 0.6) is 11.5 Å². The molecule has 0 saturated carbocycles. The second-order valence-electron chi connectivity index (χ2n) is 11.0. The Hall–Kier alpha value is -3.34. The molecule has 41 heavy (non-hydrogen) atoms. The summed E-state index contributed by atoms with van der Waals surface area (Å²) in [5.41, 5.74) is 9.55. The number of thioether (sulfide) groups is 2. The van der Waals surface area contributed by atoms with E-state index in [1.807, 2.05) is 35.7 Å². The average Bonchev–Trinajstić information content (AvgIpc) is 3.94. The third kappa shape index (κ3) is 4.91. The lowest BCUT2D eigenvalue weighted by Crippen LogP contribution is -2.29. The summed E-state index contributed by atoms with van der Waals surface area (Å²) >= 11 is 3.93.